The smallest absolute Gasteiger partial charge is 0.102 e. The Hall–Kier alpha value is -0.860. The number of rotatable bonds is 2. The largest absolute Gasteiger partial charge is 0.384 e. The van der Waals surface area contributed by atoms with Crippen LogP contribution in [-0.2, 0) is 5.60 Å². The first kappa shape index (κ1) is 12.2. The fourth-order valence-corrected chi connectivity index (χ4v) is 3.71. The van der Waals surface area contributed by atoms with Gasteiger partial charge in [-0.05, 0) is 37.7 Å². The molecule has 1 saturated carbocycles. The highest BCUT2D eigenvalue weighted by Crippen LogP contribution is 2.39. The van der Waals surface area contributed by atoms with Crippen molar-refractivity contribution in [3.05, 3.63) is 35.9 Å². The number of hydrogen-bond donors (Lipinski definition) is 2. The second-order valence-electron chi connectivity index (χ2n) is 6.12. The highest BCUT2D eigenvalue weighted by molar-refractivity contribution is 5.24. The average molecular weight is 245 g/mol. The molecular weight excluding hydrogens is 222 g/mol. The summed E-state index contributed by atoms with van der Waals surface area (Å²) in [7, 11) is 0. The Balaban J connectivity index is 1.79. The molecule has 1 aliphatic carbocycles. The summed E-state index contributed by atoms with van der Waals surface area (Å²) in [5, 5.41) is 14.6. The molecule has 0 radical (unpaired) electrons. The van der Waals surface area contributed by atoms with E-state index in [1.807, 2.05) is 37.3 Å². The molecule has 1 aromatic carbocycles. The quantitative estimate of drug-likeness (QED) is 0.839. The molecule has 0 amide bonds. The molecule has 1 heterocycles. The van der Waals surface area contributed by atoms with Crippen molar-refractivity contribution < 1.29 is 5.11 Å². The van der Waals surface area contributed by atoms with Gasteiger partial charge in [0.15, 0.2) is 0 Å². The van der Waals surface area contributed by atoms with Crippen molar-refractivity contribution in [1.82, 2.24) is 5.32 Å². The van der Waals surface area contributed by atoms with Crippen molar-refractivity contribution in [2.75, 3.05) is 0 Å². The Bertz CT molecular complexity index is 387. The summed E-state index contributed by atoms with van der Waals surface area (Å²) < 4.78 is 0. The van der Waals surface area contributed by atoms with Gasteiger partial charge in [-0.2, -0.15) is 0 Å². The molecule has 2 heteroatoms. The summed E-state index contributed by atoms with van der Waals surface area (Å²) in [6.45, 7) is 1.96. The molecule has 2 N–H and O–H groups in total. The van der Waals surface area contributed by atoms with Crippen LogP contribution in [0, 0.1) is 5.92 Å². The zero-order valence-electron chi connectivity index (χ0n) is 11.1. The standard InChI is InChI=1S/C16H23NO/c1-16(18,13-8-3-2-4-9-13)15-11-12-7-5-6-10-14(12)17-15/h2-4,8-9,12,14-15,17-18H,5-7,10-11H2,1H3/t12-,14-,15-,16+/m0/s1. The Morgan fingerprint density at radius 3 is 2.61 bits per heavy atom. The zero-order chi connectivity index (χ0) is 12.6. The van der Waals surface area contributed by atoms with Crippen molar-refractivity contribution in [3.8, 4) is 0 Å². The Morgan fingerprint density at radius 2 is 1.89 bits per heavy atom. The molecule has 0 aromatic heterocycles. The Labute approximate surface area is 109 Å². The van der Waals surface area contributed by atoms with Crippen LogP contribution in [0.3, 0.4) is 0 Å². The van der Waals surface area contributed by atoms with Crippen molar-refractivity contribution >= 4 is 0 Å². The van der Waals surface area contributed by atoms with E-state index >= 15 is 0 Å². The third-order valence-corrected chi connectivity index (χ3v) is 4.90. The van der Waals surface area contributed by atoms with Crippen molar-refractivity contribution in [2.45, 2.75) is 56.7 Å². The van der Waals surface area contributed by atoms with E-state index in [0.29, 0.717) is 6.04 Å². The van der Waals surface area contributed by atoms with E-state index in [2.05, 4.69) is 5.32 Å². The van der Waals surface area contributed by atoms with Crippen molar-refractivity contribution in [2.24, 2.45) is 5.92 Å². The lowest BCUT2D eigenvalue weighted by Gasteiger charge is -2.31. The zero-order valence-corrected chi connectivity index (χ0v) is 11.1. The van der Waals surface area contributed by atoms with Gasteiger partial charge < -0.3 is 10.4 Å². The van der Waals surface area contributed by atoms with Crippen LogP contribution in [0.15, 0.2) is 30.3 Å². The monoisotopic (exact) mass is 245 g/mol. The van der Waals surface area contributed by atoms with Crippen molar-refractivity contribution in [1.29, 1.82) is 0 Å². The molecule has 0 bridgehead atoms. The van der Waals surface area contributed by atoms with E-state index in [4.69, 9.17) is 0 Å². The maximum Gasteiger partial charge on any atom is 0.102 e. The molecule has 1 aliphatic heterocycles. The summed E-state index contributed by atoms with van der Waals surface area (Å²) >= 11 is 0. The fraction of sp³-hybridized carbons (Fsp3) is 0.625. The molecule has 3 rings (SSSR count). The molecule has 1 saturated heterocycles. The number of aliphatic hydroxyl groups is 1. The molecular formula is C16H23NO. The Kier molecular flexibility index (Phi) is 3.16. The van der Waals surface area contributed by atoms with E-state index in [9.17, 15) is 5.11 Å². The molecule has 1 aromatic rings. The first-order valence-electron chi connectivity index (χ1n) is 7.22. The van der Waals surface area contributed by atoms with Gasteiger partial charge in [-0.1, -0.05) is 43.2 Å². The van der Waals surface area contributed by atoms with E-state index in [1.165, 1.54) is 25.7 Å². The molecule has 0 unspecified atom stereocenters. The lowest BCUT2D eigenvalue weighted by molar-refractivity contribution is 0.0196. The number of fused-ring (bicyclic) bond motifs is 1. The predicted octanol–water partition coefficient (Wildman–Crippen LogP) is 2.81. The number of nitrogens with one attached hydrogen (secondary N) is 1. The van der Waals surface area contributed by atoms with Gasteiger partial charge in [-0.3, -0.25) is 0 Å². The first-order chi connectivity index (χ1) is 8.68. The van der Waals surface area contributed by atoms with Gasteiger partial charge in [0.2, 0.25) is 0 Å². The minimum absolute atomic E-state index is 0.202. The number of benzene rings is 1. The van der Waals surface area contributed by atoms with Crippen LogP contribution in [0.1, 0.15) is 44.6 Å². The van der Waals surface area contributed by atoms with E-state index in [1.54, 1.807) is 0 Å². The first-order valence-corrected chi connectivity index (χ1v) is 7.22. The normalized spacial score (nSPS) is 34.9. The van der Waals surface area contributed by atoms with Crippen molar-refractivity contribution in [3.63, 3.8) is 0 Å². The molecule has 4 atom stereocenters. The second kappa shape index (κ2) is 4.67. The maximum absolute atomic E-state index is 10.9. The maximum atomic E-state index is 10.9. The van der Waals surface area contributed by atoms with Gasteiger partial charge >= 0.3 is 0 Å². The molecule has 98 valence electrons. The topological polar surface area (TPSA) is 32.3 Å². The van der Waals surface area contributed by atoms with Crippen LogP contribution in [0.25, 0.3) is 0 Å². The van der Waals surface area contributed by atoms with Gasteiger partial charge in [0.1, 0.15) is 5.60 Å². The van der Waals surface area contributed by atoms with Gasteiger partial charge in [0, 0.05) is 12.1 Å². The van der Waals surface area contributed by atoms with Gasteiger partial charge in [-0.25, -0.2) is 0 Å². The molecule has 2 fully saturated rings. The summed E-state index contributed by atoms with van der Waals surface area (Å²) in [6.07, 6.45) is 6.44. The van der Waals surface area contributed by atoms with Gasteiger partial charge in [0.25, 0.3) is 0 Å². The molecule has 0 spiro atoms. The van der Waals surface area contributed by atoms with Gasteiger partial charge in [-0.15, -0.1) is 0 Å². The van der Waals surface area contributed by atoms with E-state index < -0.39 is 5.60 Å². The van der Waals surface area contributed by atoms with Crippen LogP contribution in [0.4, 0.5) is 0 Å². The molecule has 2 aliphatic rings. The lowest BCUT2D eigenvalue weighted by Crippen LogP contribution is -2.45. The molecule has 18 heavy (non-hydrogen) atoms. The second-order valence-corrected chi connectivity index (χ2v) is 6.12. The minimum atomic E-state index is -0.751. The average Bonchev–Trinajstić information content (AvgIpc) is 2.84. The Morgan fingerprint density at radius 1 is 1.17 bits per heavy atom. The summed E-state index contributed by atoms with van der Waals surface area (Å²) in [4.78, 5) is 0. The van der Waals surface area contributed by atoms with Crippen LogP contribution < -0.4 is 5.32 Å². The summed E-state index contributed by atoms with van der Waals surface area (Å²) in [5.41, 5.74) is 0.277. The molecule has 2 nitrogen and oxygen atoms in total. The third kappa shape index (κ3) is 2.08. The van der Waals surface area contributed by atoms with E-state index in [0.717, 1.165) is 17.9 Å². The summed E-state index contributed by atoms with van der Waals surface area (Å²) in [5.74, 6) is 0.777. The summed E-state index contributed by atoms with van der Waals surface area (Å²) in [6, 6.07) is 10.9. The van der Waals surface area contributed by atoms with Crippen LogP contribution in [0.2, 0.25) is 0 Å². The van der Waals surface area contributed by atoms with Crippen LogP contribution in [0.5, 0.6) is 0 Å². The third-order valence-electron chi connectivity index (χ3n) is 4.90. The van der Waals surface area contributed by atoms with Crippen LogP contribution in [-0.4, -0.2) is 17.2 Å². The highest BCUT2D eigenvalue weighted by Gasteiger charge is 2.43. The van der Waals surface area contributed by atoms with E-state index in [-0.39, 0.29) is 6.04 Å². The van der Waals surface area contributed by atoms with Gasteiger partial charge in [0.05, 0.1) is 0 Å². The fourth-order valence-electron chi connectivity index (χ4n) is 3.71. The predicted molar refractivity (Wildman–Crippen MR) is 73.3 cm³/mol. The SMILES string of the molecule is C[C@@](O)(c1ccccc1)[C@@H]1C[C@@H]2CCCC[C@@H]2N1. The minimum Gasteiger partial charge on any atom is -0.384 e. The number of hydrogen-bond acceptors (Lipinski definition) is 2. The van der Waals surface area contributed by atoms with Crippen LogP contribution >= 0.6 is 0 Å². The highest BCUT2D eigenvalue weighted by atomic mass is 16.3. The lowest BCUT2D eigenvalue weighted by atomic mass is 9.81.